The number of sulfonamides is 1. The Morgan fingerprint density at radius 3 is 2.17 bits per heavy atom. The van der Waals surface area contributed by atoms with Gasteiger partial charge in [0.05, 0.1) is 12.6 Å². The van der Waals surface area contributed by atoms with E-state index in [1.54, 1.807) is 28.8 Å². The van der Waals surface area contributed by atoms with Crippen LogP contribution in [0.1, 0.15) is 41.8 Å². The molecule has 2 aromatic heterocycles. The Morgan fingerprint density at radius 1 is 1.00 bits per heavy atom. The number of thiophene rings is 2. The Balaban J connectivity index is 1.77. The van der Waals surface area contributed by atoms with Crippen LogP contribution in [0.2, 0.25) is 0 Å². The van der Waals surface area contributed by atoms with Crippen molar-refractivity contribution in [2.75, 3.05) is 13.6 Å². The zero-order valence-electron chi connectivity index (χ0n) is 16.5. The van der Waals surface area contributed by atoms with Gasteiger partial charge in [-0.1, -0.05) is 50.2 Å². The molecular formula is C21H24N2O3S3. The minimum Gasteiger partial charge on any atom is -0.343 e. The van der Waals surface area contributed by atoms with Gasteiger partial charge in [-0.05, 0) is 39.9 Å². The lowest BCUT2D eigenvalue weighted by Gasteiger charge is -2.21. The monoisotopic (exact) mass is 448 g/mol. The van der Waals surface area contributed by atoms with Crippen LogP contribution < -0.4 is 5.32 Å². The molecule has 1 atom stereocenters. The molecule has 0 fully saturated rings. The first-order valence-electron chi connectivity index (χ1n) is 9.21. The summed E-state index contributed by atoms with van der Waals surface area (Å²) in [7, 11) is -2.24. The van der Waals surface area contributed by atoms with Gasteiger partial charge in [-0.15, -0.1) is 22.7 Å². The van der Waals surface area contributed by atoms with Crippen molar-refractivity contribution in [2.45, 2.75) is 30.0 Å². The lowest BCUT2D eigenvalue weighted by atomic mass is 9.98. The molecule has 1 aromatic carbocycles. The number of benzene rings is 1. The van der Waals surface area contributed by atoms with Crippen molar-refractivity contribution in [3.05, 3.63) is 75.3 Å². The van der Waals surface area contributed by atoms with Crippen LogP contribution in [-0.4, -0.2) is 32.2 Å². The molecule has 1 amide bonds. The fourth-order valence-corrected chi connectivity index (χ4v) is 6.04. The number of nitrogens with zero attached hydrogens (tertiary/aromatic N) is 1. The quantitative estimate of drug-likeness (QED) is 0.553. The van der Waals surface area contributed by atoms with E-state index in [0.29, 0.717) is 5.92 Å². The van der Waals surface area contributed by atoms with Gasteiger partial charge in [-0.3, -0.25) is 4.79 Å². The molecule has 0 saturated carbocycles. The number of nitrogens with one attached hydrogen (secondary N) is 1. The Kier molecular flexibility index (Phi) is 6.89. The fourth-order valence-electron chi connectivity index (χ4n) is 2.91. The SMILES string of the molecule is CC(C)c1ccc([C@H](NC(=O)CN(C)S(=O)(=O)c2cccs2)c2cccs2)cc1. The molecule has 0 spiro atoms. The van der Waals surface area contributed by atoms with E-state index in [9.17, 15) is 13.2 Å². The summed E-state index contributed by atoms with van der Waals surface area (Å²) in [4.78, 5) is 13.7. The van der Waals surface area contributed by atoms with Gasteiger partial charge in [-0.25, -0.2) is 8.42 Å². The molecule has 3 rings (SSSR count). The molecule has 8 heteroatoms. The summed E-state index contributed by atoms with van der Waals surface area (Å²) in [5.41, 5.74) is 2.20. The molecule has 3 aromatic rings. The fraction of sp³-hybridized carbons (Fsp3) is 0.286. The maximum atomic E-state index is 12.7. The smallest absolute Gasteiger partial charge is 0.252 e. The number of rotatable bonds is 8. The van der Waals surface area contributed by atoms with Gasteiger partial charge in [0, 0.05) is 11.9 Å². The predicted octanol–water partition coefficient (Wildman–Crippen LogP) is 4.46. The zero-order chi connectivity index (χ0) is 21.0. The number of carbonyl (C=O) groups excluding carboxylic acids is 1. The standard InChI is InChI=1S/C21H24N2O3S3/c1-15(2)16-8-10-17(11-9-16)21(18-6-4-12-27-18)22-19(24)14-23(3)29(25,26)20-7-5-13-28-20/h4-13,15,21H,14H2,1-3H3,(H,22,24)/t21-/m0/s1. The Labute approximate surface area is 180 Å². The maximum absolute atomic E-state index is 12.7. The van der Waals surface area contributed by atoms with E-state index < -0.39 is 10.0 Å². The van der Waals surface area contributed by atoms with E-state index in [1.165, 1.54) is 12.6 Å². The van der Waals surface area contributed by atoms with E-state index in [2.05, 4.69) is 31.3 Å². The molecule has 0 saturated heterocycles. The summed E-state index contributed by atoms with van der Waals surface area (Å²) in [6.45, 7) is 4.03. The number of likely N-dealkylation sites (N-methyl/N-ethyl adjacent to an activating group) is 1. The van der Waals surface area contributed by atoms with Crippen molar-refractivity contribution in [1.82, 2.24) is 9.62 Å². The second kappa shape index (κ2) is 9.21. The first-order chi connectivity index (χ1) is 13.8. The molecule has 0 aliphatic heterocycles. The van der Waals surface area contributed by atoms with Crippen LogP contribution in [-0.2, 0) is 14.8 Å². The highest BCUT2D eigenvalue weighted by Gasteiger charge is 2.25. The van der Waals surface area contributed by atoms with Crippen molar-refractivity contribution < 1.29 is 13.2 Å². The largest absolute Gasteiger partial charge is 0.343 e. The number of amides is 1. The normalized spacial score (nSPS) is 13.0. The molecule has 154 valence electrons. The van der Waals surface area contributed by atoms with Crippen molar-refractivity contribution in [3.63, 3.8) is 0 Å². The van der Waals surface area contributed by atoms with Crippen LogP contribution in [0.25, 0.3) is 0 Å². The minimum atomic E-state index is -3.67. The van der Waals surface area contributed by atoms with Crippen LogP contribution in [0.5, 0.6) is 0 Å². The summed E-state index contributed by atoms with van der Waals surface area (Å²) in [6.07, 6.45) is 0. The Bertz CT molecular complexity index is 1030. The molecule has 0 unspecified atom stereocenters. The molecule has 5 nitrogen and oxygen atoms in total. The maximum Gasteiger partial charge on any atom is 0.252 e. The van der Waals surface area contributed by atoms with E-state index in [0.717, 1.165) is 26.1 Å². The van der Waals surface area contributed by atoms with Crippen molar-refractivity contribution in [1.29, 1.82) is 0 Å². The van der Waals surface area contributed by atoms with Gasteiger partial charge in [0.1, 0.15) is 4.21 Å². The molecule has 0 aliphatic carbocycles. The van der Waals surface area contributed by atoms with E-state index >= 15 is 0 Å². The molecule has 2 heterocycles. The summed E-state index contributed by atoms with van der Waals surface area (Å²) >= 11 is 2.69. The van der Waals surface area contributed by atoms with Crippen LogP contribution in [0, 0.1) is 0 Å². The Hall–Kier alpha value is -2.00. The summed E-state index contributed by atoms with van der Waals surface area (Å²) < 4.78 is 26.5. The van der Waals surface area contributed by atoms with Gasteiger partial charge in [0.25, 0.3) is 10.0 Å². The first kappa shape index (κ1) is 21.7. The van der Waals surface area contributed by atoms with Crippen LogP contribution in [0.4, 0.5) is 0 Å². The average molecular weight is 449 g/mol. The molecule has 0 aliphatic rings. The minimum absolute atomic E-state index is 0.229. The van der Waals surface area contributed by atoms with Gasteiger partial charge >= 0.3 is 0 Å². The second-order valence-corrected chi connectivity index (χ2v) is 11.2. The summed E-state index contributed by atoms with van der Waals surface area (Å²) in [6, 6.07) is 15.0. The van der Waals surface area contributed by atoms with E-state index in [4.69, 9.17) is 0 Å². The highest BCUT2D eigenvalue weighted by molar-refractivity contribution is 7.91. The topological polar surface area (TPSA) is 66.5 Å². The molecule has 0 bridgehead atoms. The van der Waals surface area contributed by atoms with Gasteiger partial charge < -0.3 is 5.32 Å². The lowest BCUT2D eigenvalue weighted by molar-refractivity contribution is -0.121. The van der Waals surface area contributed by atoms with Gasteiger partial charge in [0.15, 0.2) is 0 Å². The van der Waals surface area contributed by atoms with Crippen LogP contribution in [0.15, 0.2) is 63.5 Å². The summed E-state index contributed by atoms with van der Waals surface area (Å²) in [5.74, 6) is 0.0777. The second-order valence-electron chi connectivity index (χ2n) is 7.03. The van der Waals surface area contributed by atoms with E-state index in [-0.39, 0.29) is 22.7 Å². The summed E-state index contributed by atoms with van der Waals surface area (Å²) in [5, 5.41) is 6.67. The third kappa shape index (κ3) is 5.14. The molecule has 29 heavy (non-hydrogen) atoms. The van der Waals surface area contributed by atoms with Crippen molar-refractivity contribution in [2.24, 2.45) is 0 Å². The van der Waals surface area contributed by atoms with Crippen LogP contribution >= 0.6 is 22.7 Å². The first-order valence-corrected chi connectivity index (χ1v) is 12.4. The van der Waals surface area contributed by atoms with Crippen molar-refractivity contribution >= 4 is 38.6 Å². The van der Waals surface area contributed by atoms with Crippen molar-refractivity contribution in [3.8, 4) is 0 Å². The zero-order valence-corrected chi connectivity index (χ0v) is 19.0. The van der Waals surface area contributed by atoms with Gasteiger partial charge in [-0.2, -0.15) is 4.31 Å². The predicted molar refractivity (Wildman–Crippen MR) is 119 cm³/mol. The third-order valence-corrected chi connectivity index (χ3v) is 8.71. The van der Waals surface area contributed by atoms with E-state index in [1.807, 2.05) is 29.6 Å². The highest BCUT2D eigenvalue weighted by Crippen LogP contribution is 2.27. The highest BCUT2D eigenvalue weighted by atomic mass is 32.2. The number of hydrogen-bond donors (Lipinski definition) is 1. The molecule has 1 N–H and O–H groups in total. The average Bonchev–Trinajstić information content (AvgIpc) is 3.40. The number of hydrogen-bond acceptors (Lipinski definition) is 5. The lowest BCUT2D eigenvalue weighted by Crippen LogP contribution is -2.39. The number of carbonyl (C=O) groups is 1. The van der Waals surface area contributed by atoms with Gasteiger partial charge in [0.2, 0.25) is 5.91 Å². The molecular weight excluding hydrogens is 424 g/mol. The molecule has 0 radical (unpaired) electrons. The Morgan fingerprint density at radius 2 is 1.62 bits per heavy atom. The van der Waals surface area contributed by atoms with Crippen LogP contribution in [0.3, 0.4) is 0 Å². The third-order valence-electron chi connectivity index (χ3n) is 4.60.